The van der Waals surface area contributed by atoms with Gasteiger partial charge in [0.05, 0.1) is 12.5 Å². The summed E-state index contributed by atoms with van der Waals surface area (Å²) < 4.78 is 10.0. The van der Waals surface area contributed by atoms with Gasteiger partial charge in [-0.3, -0.25) is 9.59 Å². The summed E-state index contributed by atoms with van der Waals surface area (Å²) in [6.07, 6.45) is 3.46. The van der Waals surface area contributed by atoms with E-state index < -0.39 is 5.41 Å². The predicted molar refractivity (Wildman–Crippen MR) is 99.3 cm³/mol. The third-order valence-electron chi connectivity index (χ3n) is 4.78. The molecule has 1 amide bonds. The van der Waals surface area contributed by atoms with Crippen molar-refractivity contribution < 1.29 is 18.8 Å². The number of likely N-dealkylation sites (tertiary alicyclic amines) is 1. The van der Waals surface area contributed by atoms with Crippen molar-refractivity contribution in [3.05, 3.63) is 17.0 Å². The van der Waals surface area contributed by atoms with Crippen LogP contribution in [0.5, 0.6) is 0 Å². The lowest BCUT2D eigenvalue weighted by Gasteiger charge is -2.32. The van der Waals surface area contributed by atoms with Crippen LogP contribution in [0.15, 0.2) is 9.90 Å². The highest BCUT2D eigenvalue weighted by Gasteiger charge is 2.32. The number of thiazole rings is 1. The summed E-state index contributed by atoms with van der Waals surface area (Å²) in [5.74, 6) is 0.245. The van der Waals surface area contributed by atoms with E-state index in [-0.39, 0.29) is 24.3 Å². The van der Waals surface area contributed by atoms with Crippen LogP contribution in [-0.4, -0.2) is 51.6 Å². The Labute approximate surface area is 161 Å². The fraction of sp³-hybridized carbons (Fsp3) is 0.611. The normalized spacial score (nSPS) is 17.8. The number of ether oxygens (including phenoxy) is 1. The van der Waals surface area contributed by atoms with Crippen LogP contribution in [0.2, 0.25) is 0 Å². The van der Waals surface area contributed by atoms with E-state index in [2.05, 4.69) is 22.0 Å². The molecule has 1 saturated heterocycles. The zero-order valence-electron chi connectivity index (χ0n) is 16.0. The van der Waals surface area contributed by atoms with Crippen LogP contribution in [0.25, 0.3) is 10.8 Å². The lowest BCUT2D eigenvalue weighted by atomic mass is 9.89. The number of carbonyl (C=O) groups excluding carboxylic acids is 2. The number of methoxy groups -OCH3 is 1. The Bertz CT molecular complexity index is 829. The van der Waals surface area contributed by atoms with E-state index in [0.29, 0.717) is 22.4 Å². The molecule has 1 fully saturated rings. The lowest BCUT2D eigenvalue weighted by Crippen LogP contribution is -2.42. The predicted octanol–water partition coefficient (Wildman–Crippen LogP) is 2.95. The highest BCUT2D eigenvalue weighted by Crippen LogP contribution is 2.27. The maximum absolute atomic E-state index is 12.7. The quantitative estimate of drug-likeness (QED) is 0.721. The molecule has 1 atom stereocenters. The van der Waals surface area contributed by atoms with Gasteiger partial charge in [0.2, 0.25) is 11.7 Å². The second-order valence-corrected chi connectivity index (χ2v) is 8.30. The summed E-state index contributed by atoms with van der Waals surface area (Å²) in [5.41, 5.74) is -0.363. The number of piperidine rings is 1. The molecule has 0 aromatic carbocycles. The molecule has 0 bridgehead atoms. The van der Waals surface area contributed by atoms with Gasteiger partial charge in [0.25, 0.3) is 5.91 Å². The van der Waals surface area contributed by atoms with E-state index in [1.165, 1.54) is 18.4 Å². The molecule has 1 aliphatic rings. The molecular weight excluding hydrogens is 368 g/mol. The number of rotatable bonds is 5. The fourth-order valence-electron chi connectivity index (χ4n) is 3.16. The zero-order chi connectivity index (χ0) is 19.6. The lowest BCUT2D eigenvalue weighted by molar-refractivity contribution is -0.150. The first-order chi connectivity index (χ1) is 12.8. The Morgan fingerprint density at radius 1 is 1.37 bits per heavy atom. The highest BCUT2D eigenvalue weighted by atomic mass is 32.1. The first-order valence-electron chi connectivity index (χ1n) is 8.99. The first kappa shape index (κ1) is 19.5. The van der Waals surface area contributed by atoms with E-state index in [4.69, 9.17) is 9.26 Å². The molecule has 0 spiro atoms. The number of hydrogen-bond acceptors (Lipinski definition) is 8. The third kappa shape index (κ3) is 4.18. The average Bonchev–Trinajstić information content (AvgIpc) is 3.29. The summed E-state index contributed by atoms with van der Waals surface area (Å²) >= 11 is 1.30. The van der Waals surface area contributed by atoms with Crippen molar-refractivity contribution in [3.8, 4) is 10.8 Å². The number of hydrogen-bond donors (Lipinski definition) is 0. The Balaban J connectivity index is 1.73. The number of aromatic nitrogens is 3. The van der Waals surface area contributed by atoms with E-state index in [1.54, 1.807) is 19.2 Å². The van der Waals surface area contributed by atoms with Crippen LogP contribution in [0.1, 0.15) is 56.4 Å². The molecule has 0 unspecified atom stereocenters. The van der Waals surface area contributed by atoms with Gasteiger partial charge < -0.3 is 14.2 Å². The smallest absolute Gasteiger partial charge is 0.311 e. The molecule has 2 aromatic heterocycles. The zero-order valence-corrected chi connectivity index (χ0v) is 16.8. The van der Waals surface area contributed by atoms with Crippen LogP contribution in [0.3, 0.4) is 0 Å². The summed E-state index contributed by atoms with van der Waals surface area (Å²) in [4.78, 5) is 35.1. The first-order valence-corrected chi connectivity index (χ1v) is 9.87. The van der Waals surface area contributed by atoms with Gasteiger partial charge in [0, 0.05) is 24.4 Å². The van der Waals surface area contributed by atoms with Crippen molar-refractivity contribution >= 4 is 23.2 Å². The van der Waals surface area contributed by atoms with E-state index in [9.17, 15) is 9.59 Å². The summed E-state index contributed by atoms with van der Waals surface area (Å²) in [6.45, 7) is 6.34. The second kappa shape index (κ2) is 7.75. The van der Waals surface area contributed by atoms with Gasteiger partial charge in [-0.2, -0.15) is 4.98 Å². The fourth-order valence-corrected chi connectivity index (χ4v) is 3.88. The topological polar surface area (TPSA) is 98.4 Å². The Morgan fingerprint density at radius 2 is 2.15 bits per heavy atom. The minimum atomic E-state index is -0.771. The SMILES string of the molecule is COC(=O)C(C)(C)Cc1nc(-c2nc(C(=O)N3CCCC[C@@H]3C)cs2)no1. The minimum Gasteiger partial charge on any atom is -0.469 e. The van der Waals surface area contributed by atoms with Gasteiger partial charge in [-0.15, -0.1) is 11.3 Å². The van der Waals surface area contributed by atoms with Crippen molar-refractivity contribution in [2.45, 2.75) is 52.5 Å². The van der Waals surface area contributed by atoms with Gasteiger partial charge in [-0.25, -0.2) is 4.98 Å². The van der Waals surface area contributed by atoms with Crippen molar-refractivity contribution in [2.75, 3.05) is 13.7 Å². The molecule has 0 aliphatic carbocycles. The summed E-state index contributed by atoms with van der Waals surface area (Å²) in [5, 5.41) is 6.19. The molecule has 1 aliphatic heterocycles. The maximum Gasteiger partial charge on any atom is 0.311 e. The van der Waals surface area contributed by atoms with Crippen molar-refractivity contribution in [1.82, 2.24) is 20.0 Å². The number of carbonyl (C=O) groups is 2. The molecule has 8 nitrogen and oxygen atoms in total. The Kier molecular flexibility index (Phi) is 5.59. The summed E-state index contributed by atoms with van der Waals surface area (Å²) in [6, 6.07) is 0.230. The minimum absolute atomic E-state index is 0.0553. The van der Waals surface area contributed by atoms with E-state index >= 15 is 0 Å². The average molecular weight is 392 g/mol. The number of esters is 1. The van der Waals surface area contributed by atoms with Crippen molar-refractivity contribution in [3.63, 3.8) is 0 Å². The van der Waals surface area contributed by atoms with Crippen LogP contribution < -0.4 is 0 Å². The summed E-state index contributed by atoms with van der Waals surface area (Å²) in [7, 11) is 1.35. The molecule has 0 saturated carbocycles. The van der Waals surface area contributed by atoms with Gasteiger partial charge in [0.15, 0.2) is 5.01 Å². The highest BCUT2D eigenvalue weighted by molar-refractivity contribution is 7.13. The van der Waals surface area contributed by atoms with Crippen LogP contribution in [-0.2, 0) is 16.0 Å². The van der Waals surface area contributed by atoms with Gasteiger partial charge in [-0.05, 0) is 40.0 Å². The van der Waals surface area contributed by atoms with E-state index in [1.807, 2.05) is 4.90 Å². The van der Waals surface area contributed by atoms with Crippen molar-refractivity contribution in [2.24, 2.45) is 5.41 Å². The van der Waals surface area contributed by atoms with Gasteiger partial charge in [0.1, 0.15) is 5.69 Å². The monoisotopic (exact) mass is 392 g/mol. The second-order valence-electron chi connectivity index (χ2n) is 7.45. The molecule has 27 heavy (non-hydrogen) atoms. The third-order valence-corrected chi connectivity index (χ3v) is 5.62. The maximum atomic E-state index is 12.7. The molecule has 9 heteroatoms. The van der Waals surface area contributed by atoms with Crippen LogP contribution in [0, 0.1) is 5.41 Å². The van der Waals surface area contributed by atoms with Crippen molar-refractivity contribution in [1.29, 1.82) is 0 Å². The Hall–Kier alpha value is -2.29. The van der Waals surface area contributed by atoms with Gasteiger partial charge >= 0.3 is 5.97 Å². The molecular formula is C18H24N4O4S. The molecule has 0 radical (unpaired) electrons. The molecule has 0 N–H and O–H groups in total. The molecule has 3 heterocycles. The largest absolute Gasteiger partial charge is 0.469 e. The number of nitrogens with zero attached hydrogens (tertiary/aromatic N) is 4. The molecule has 2 aromatic rings. The van der Waals surface area contributed by atoms with Crippen LogP contribution in [0.4, 0.5) is 0 Å². The number of amides is 1. The molecule has 3 rings (SSSR count). The van der Waals surface area contributed by atoms with E-state index in [0.717, 1.165) is 25.8 Å². The van der Waals surface area contributed by atoms with Gasteiger partial charge in [-0.1, -0.05) is 5.16 Å². The molecule has 146 valence electrons. The standard InChI is InChI=1S/C18H24N4O4S/c1-11-7-5-6-8-22(11)16(23)12-10-27-15(19-12)14-20-13(26-21-14)9-18(2,3)17(24)25-4/h10-11H,5-9H2,1-4H3/t11-/m0/s1. The van der Waals surface area contributed by atoms with Crippen LogP contribution >= 0.6 is 11.3 Å². The Morgan fingerprint density at radius 3 is 2.85 bits per heavy atom.